The van der Waals surface area contributed by atoms with E-state index >= 15 is 0 Å². The van der Waals surface area contributed by atoms with E-state index in [1.807, 2.05) is 6.07 Å². The number of aliphatic hydroxyl groups excluding tert-OH is 1. The molecular formula is C16H23FO. The molecule has 1 N–H and O–H groups in total. The van der Waals surface area contributed by atoms with Crippen molar-refractivity contribution in [2.75, 3.05) is 6.61 Å². The third-order valence-electron chi connectivity index (χ3n) is 4.33. The SMILES string of the molecule is CCCCCC[C@@]1(c2cccc(F)c2)C[C@@H]1CO. The van der Waals surface area contributed by atoms with Crippen molar-refractivity contribution in [1.82, 2.24) is 0 Å². The average Bonchev–Trinajstić information content (AvgIpc) is 3.10. The fourth-order valence-corrected chi connectivity index (χ4v) is 3.09. The molecule has 0 heterocycles. The number of rotatable bonds is 7. The molecule has 0 aliphatic heterocycles. The maximum Gasteiger partial charge on any atom is 0.123 e. The highest BCUT2D eigenvalue weighted by atomic mass is 19.1. The largest absolute Gasteiger partial charge is 0.396 e. The fraction of sp³-hybridized carbons (Fsp3) is 0.625. The van der Waals surface area contributed by atoms with Crippen molar-refractivity contribution in [2.45, 2.75) is 50.9 Å². The number of hydrogen-bond acceptors (Lipinski definition) is 1. The zero-order valence-electron chi connectivity index (χ0n) is 11.2. The summed E-state index contributed by atoms with van der Waals surface area (Å²) in [5.74, 6) is 0.171. The van der Waals surface area contributed by atoms with Gasteiger partial charge in [0.25, 0.3) is 0 Å². The number of aliphatic hydroxyl groups is 1. The Morgan fingerprint density at radius 1 is 1.33 bits per heavy atom. The van der Waals surface area contributed by atoms with Crippen molar-refractivity contribution in [1.29, 1.82) is 0 Å². The zero-order chi connectivity index (χ0) is 13.0. The van der Waals surface area contributed by atoms with E-state index < -0.39 is 0 Å². The smallest absolute Gasteiger partial charge is 0.123 e. The number of benzene rings is 1. The molecule has 1 aliphatic rings. The van der Waals surface area contributed by atoms with Gasteiger partial charge in [-0.3, -0.25) is 0 Å². The molecule has 1 nitrogen and oxygen atoms in total. The summed E-state index contributed by atoms with van der Waals surface area (Å²) in [6.45, 7) is 2.43. The molecule has 0 saturated heterocycles. The lowest BCUT2D eigenvalue weighted by molar-refractivity contribution is 0.260. The van der Waals surface area contributed by atoms with Crippen LogP contribution in [0.4, 0.5) is 4.39 Å². The summed E-state index contributed by atoms with van der Waals surface area (Å²) in [6, 6.07) is 6.93. The molecule has 1 aromatic rings. The highest BCUT2D eigenvalue weighted by Crippen LogP contribution is 2.57. The Bertz CT molecular complexity index is 390. The molecule has 1 saturated carbocycles. The molecule has 2 heteroatoms. The monoisotopic (exact) mass is 250 g/mol. The van der Waals surface area contributed by atoms with Crippen LogP contribution in [0.1, 0.15) is 51.0 Å². The minimum atomic E-state index is -0.163. The van der Waals surface area contributed by atoms with Crippen molar-refractivity contribution < 1.29 is 9.50 Å². The predicted molar refractivity (Wildman–Crippen MR) is 72.0 cm³/mol. The van der Waals surface area contributed by atoms with E-state index in [2.05, 4.69) is 6.92 Å². The quantitative estimate of drug-likeness (QED) is 0.724. The molecule has 0 spiro atoms. The zero-order valence-corrected chi connectivity index (χ0v) is 11.2. The predicted octanol–water partition coefficient (Wildman–Crippen LogP) is 4.05. The lowest BCUT2D eigenvalue weighted by atomic mass is 9.87. The number of hydrogen-bond donors (Lipinski definition) is 1. The summed E-state index contributed by atoms with van der Waals surface area (Å²) >= 11 is 0. The molecule has 1 aromatic carbocycles. The Labute approximate surface area is 109 Å². The third-order valence-corrected chi connectivity index (χ3v) is 4.33. The van der Waals surface area contributed by atoms with E-state index in [0.717, 1.165) is 18.4 Å². The molecule has 100 valence electrons. The van der Waals surface area contributed by atoms with Gasteiger partial charge in [0.15, 0.2) is 0 Å². The van der Waals surface area contributed by atoms with E-state index in [-0.39, 0.29) is 17.8 Å². The number of halogens is 1. The van der Waals surface area contributed by atoms with Crippen LogP contribution in [0, 0.1) is 11.7 Å². The third kappa shape index (κ3) is 2.74. The van der Waals surface area contributed by atoms with Crippen LogP contribution in [0.25, 0.3) is 0 Å². The summed E-state index contributed by atoms with van der Waals surface area (Å²) < 4.78 is 13.3. The molecule has 2 atom stereocenters. The summed E-state index contributed by atoms with van der Waals surface area (Å²) in [4.78, 5) is 0. The summed E-state index contributed by atoms with van der Waals surface area (Å²) in [7, 11) is 0. The Balaban J connectivity index is 2.04. The Kier molecular flexibility index (Phi) is 4.39. The van der Waals surface area contributed by atoms with E-state index in [4.69, 9.17) is 0 Å². The Morgan fingerprint density at radius 2 is 2.17 bits per heavy atom. The topological polar surface area (TPSA) is 20.2 Å². The van der Waals surface area contributed by atoms with Crippen LogP contribution in [0.5, 0.6) is 0 Å². The standard InChI is InChI=1S/C16H23FO/c1-2-3-4-5-9-16(11-14(16)12-18)13-7-6-8-15(17)10-13/h6-8,10,14,18H,2-5,9,11-12H2,1H3/t14-,16+/m1/s1. The molecule has 1 fully saturated rings. The van der Waals surface area contributed by atoms with Crippen LogP contribution in [-0.2, 0) is 5.41 Å². The first-order valence-corrected chi connectivity index (χ1v) is 7.10. The van der Waals surface area contributed by atoms with Crippen LogP contribution < -0.4 is 0 Å². The van der Waals surface area contributed by atoms with Crippen molar-refractivity contribution in [2.24, 2.45) is 5.92 Å². The highest BCUT2D eigenvalue weighted by molar-refractivity contribution is 5.34. The molecule has 18 heavy (non-hydrogen) atoms. The second-order valence-corrected chi connectivity index (χ2v) is 5.56. The van der Waals surface area contributed by atoms with Crippen molar-refractivity contribution >= 4 is 0 Å². The Hall–Kier alpha value is -0.890. The average molecular weight is 250 g/mol. The first-order valence-electron chi connectivity index (χ1n) is 7.10. The number of unbranched alkanes of at least 4 members (excludes halogenated alkanes) is 3. The van der Waals surface area contributed by atoms with E-state index in [1.54, 1.807) is 12.1 Å². The van der Waals surface area contributed by atoms with Crippen LogP contribution in [0.15, 0.2) is 24.3 Å². The summed E-state index contributed by atoms with van der Waals surface area (Å²) in [5.41, 5.74) is 1.14. The molecule has 1 aliphatic carbocycles. The lowest BCUT2D eigenvalue weighted by Crippen LogP contribution is -2.12. The van der Waals surface area contributed by atoms with Gasteiger partial charge >= 0.3 is 0 Å². The molecule has 0 amide bonds. The minimum absolute atomic E-state index is 0.0601. The van der Waals surface area contributed by atoms with Gasteiger partial charge < -0.3 is 5.11 Å². The van der Waals surface area contributed by atoms with Crippen LogP contribution in [0.3, 0.4) is 0 Å². The van der Waals surface area contributed by atoms with Gasteiger partial charge in [-0.05, 0) is 36.5 Å². The maximum absolute atomic E-state index is 13.3. The Morgan fingerprint density at radius 3 is 2.78 bits per heavy atom. The van der Waals surface area contributed by atoms with Crippen molar-refractivity contribution in [3.05, 3.63) is 35.6 Å². The van der Waals surface area contributed by atoms with Crippen LogP contribution in [-0.4, -0.2) is 11.7 Å². The fourth-order valence-electron chi connectivity index (χ4n) is 3.09. The summed E-state index contributed by atoms with van der Waals surface area (Å²) in [6.07, 6.45) is 7.02. The van der Waals surface area contributed by atoms with Gasteiger partial charge in [0.05, 0.1) is 0 Å². The van der Waals surface area contributed by atoms with Gasteiger partial charge in [-0.15, -0.1) is 0 Å². The van der Waals surface area contributed by atoms with Crippen LogP contribution in [0.2, 0.25) is 0 Å². The second-order valence-electron chi connectivity index (χ2n) is 5.56. The van der Waals surface area contributed by atoms with Gasteiger partial charge in [-0.1, -0.05) is 44.7 Å². The van der Waals surface area contributed by atoms with Gasteiger partial charge in [0.1, 0.15) is 5.82 Å². The first kappa shape index (κ1) is 13.5. The molecule has 0 bridgehead atoms. The van der Waals surface area contributed by atoms with Gasteiger partial charge in [-0.25, -0.2) is 4.39 Å². The van der Waals surface area contributed by atoms with Gasteiger partial charge in [0.2, 0.25) is 0 Å². The van der Waals surface area contributed by atoms with Gasteiger partial charge in [-0.2, -0.15) is 0 Å². The van der Waals surface area contributed by atoms with E-state index in [1.165, 1.54) is 31.7 Å². The lowest BCUT2D eigenvalue weighted by Gasteiger charge is -2.18. The molecule has 0 radical (unpaired) electrons. The van der Waals surface area contributed by atoms with Crippen LogP contribution >= 0.6 is 0 Å². The van der Waals surface area contributed by atoms with Gasteiger partial charge in [0, 0.05) is 12.0 Å². The second kappa shape index (κ2) is 5.83. The first-order chi connectivity index (χ1) is 8.73. The van der Waals surface area contributed by atoms with Crippen molar-refractivity contribution in [3.8, 4) is 0 Å². The molecular weight excluding hydrogens is 227 g/mol. The molecule has 0 aromatic heterocycles. The molecule has 0 unspecified atom stereocenters. The maximum atomic E-state index is 13.3. The van der Waals surface area contributed by atoms with E-state index in [9.17, 15) is 9.50 Å². The summed E-state index contributed by atoms with van der Waals surface area (Å²) in [5, 5.41) is 9.38. The minimum Gasteiger partial charge on any atom is -0.396 e. The molecule has 2 rings (SSSR count). The highest BCUT2D eigenvalue weighted by Gasteiger charge is 2.53. The normalized spacial score (nSPS) is 26.3. The van der Waals surface area contributed by atoms with Crippen molar-refractivity contribution in [3.63, 3.8) is 0 Å². The van der Waals surface area contributed by atoms with E-state index in [0.29, 0.717) is 5.92 Å².